The van der Waals surface area contributed by atoms with Crippen molar-refractivity contribution in [2.24, 2.45) is 5.73 Å². The molecule has 0 saturated carbocycles. The molecule has 0 saturated heterocycles. The highest BCUT2D eigenvalue weighted by atomic mass is 32.2. The van der Waals surface area contributed by atoms with Gasteiger partial charge >= 0.3 is 0 Å². The summed E-state index contributed by atoms with van der Waals surface area (Å²) in [4.78, 5) is 6.72. The smallest absolute Gasteiger partial charge is 0.260 e. The summed E-state index contributed by atoms with van der Waals surface area (Å²) >= 11 is 4.76. The maximum atomic E-state index is 12.3. The highest BCUT2D eigenvalue weighted by molar-refractivity contribution is 7.89. The molecular formula is C9H16N4O2S2. The van der Waals surface area contributed by atoms with Gasteiger partial charge in [0.15, 0.2) is 5.03 Å². The number of hydrogen-bond acceptors (Lipinski definition) is 4. The van der Waals surface area contributed by atoms with Crippen molar-refractivity contribution in [2.45, 2.75) is 31.8 Å². The van der Waals surface area contributed by atoms with E-state index in [9.17, 15) is 8.42 Å². The number of sulfonamides is 1. The zero-order valence-corrected chi connectivity index (χ0v) is 11.6. The van der Waals surface area contributed by atoms with Crippen LogP contribution in [0.1, 0.15) is 19.7 Å². The summed E-state index contributed by atoms with van der Waals surface area (Å²) in [6, 6.07) is -0.231. The van der Waals surface area contributed by atoms with E-state index in [1.165, 1.54) is 10.5 Å². The monoisotopic (exact) mass is 276 g/mol. The molecule has 0 fully saturated rings. The van der Waals surface area contributed by atoms with E-state index in [1.807, 2.05) is 0 Å². The summed E-state index contributed by atoms with van der Waals surface area (Å²) < 4.78 is 25.8. The van der Waals surface area contributed by atoms with E-state index < -0.39 is 10.0 Å². The van der Waals surface area contributed by atoms with Gasteiger partial charge in [-0.2, -0.15) is 4.31 Å². The number of imidazole rings is 1. The van der Waals surface area contributed by atoms with Crippen LogP contribution in [0.3, 0.4) is 0 Å². The van der Waals surface area contributed by atoms with Crippen LogP contribution in [0.15, 0.2) is 11.2 Å². The molecule has 3 N–H and O–H groups in total. The van der Waals surface area contributed by atoms with Crippen LogP contribution >= 0.6 is 12.2 Å². The third kappa shape index (κ3) is 3.24. The molecule has 0 amide bonds. The highest BCUT2D eigenvalue weighted by Crippen LogP contribution is 2.15. The van der Waals surface area contributed by atoms with Crippen molar-refractivity contribution in [3.8, 4) is 0 Å². The minimum absolute atomic E-state index is 0.0212. The number of thiocarbonyl (C=S) groups is 1. The average molecular weight is 276 g/mol. The molecule has 96 valence electrons. The fraction of sp³-hybridized carbons (Fsp3) is 0.556. The van der Waals surface area contributed by atoms with Gasteiger partial charge in [-0.25, -0.2) is 13.4 Å². The van der Waals surface area contributed by atoms with Crippen molar-refractivity contribution in [3.05, 3.63) is 12.0 Å². The van der Waals surface area contributed by atoms with Gasteiger partial charge in [-0.15, -0.1) is 0 Å². The number of aromatic nitrogens is 2. The molecule has 0 aliphatic heterocycles. The lowest BCUT2D eigenvalue weighted by Gasteiger charge is -2.24. The van der Waals surface area contributed by atoms with E-state index in [4.69, 9.17) is 18.0 Å². The van der Waals surface area contributed by atoms with E-state index >= 15 is 0 Å². The number of nitrogens with zero attached hydrogens (tertiary/aromatic N) is 2. The van der Waals surface area contributed by atoms with Crippen LogP contribution in [-0.2, 0) is 10.0 Å². The first-order valence-corrected chi connectivity index (χ1v) is 6.91. The molecule has 0 unspecified atom stereocenters. The lowest BCUT2D eigenvalue weighted by Crippen LogP contribution is -2.42. The Morgan fingerprint density at radius 1 is 1.65 bits per heavy atom. The van der Waals surface area contributed by atoms with Crippen molar-refractivity contribution in [1.82, 2.24) is 14.3 Å². The van der Waals surface area contributed by atoms with Crippen molar-refractivity contribution >= 4 is 27.2 Å². The third-order valence-corrected chi connectivity index (χ3v) is 4.21. The maximum absolute atomic E-state index is 12.3. The van der Waals surface area contributed by atoms with E-state index in [-0.39, 0.29) is 22.6 Å². The highest BCUT2D eigenvalue weighted by Gasteiger charge is 2.28. The number of aryl methyl sites for hydroxylation is 1. The van der Waals surface area contributed by atoms with Gasteiger partial charge in [-0.05, 0) is 20.8 Å². The molecule has 1 heterocycles. The summed E-state index contributed by atoms with van der Waals surface area (Å²) in [7, 11) is -3.63. The molecule has 0 atom stereocenters. The SMILES string of the molecule is Cc1ncc(S(=O)(=O)N(CC(N)=S)C(C)C)[nH]1. The van der Waals surface area contributed by atoms with Crippen LogP contribution in [0.4, 0.5) is 0 Å². The van der Waals surface area contributed by atoms with E-state index in [1.54, 1.807) is 20.8 Å². The van der Waals surface area contributed by atoms with Crippen LogP contribution in [-0.4, -0.2) is 40.3 Å². The predicted octanol–water partition coefficient (Wildman–Crippen LogP) is 0.403. The summed E-state index contributed by atoms with van der Waals surface area (Å²) in [6.45, 7) is 5.23. The second-order valence-corrected chi connectivity index (χ2v) is 6.33. The molecule has 0 aliphatic carbocycles. The van der Waals surface area contributed by atoms with Crippen molar-refractivity contribution in [1.29, 1.82) is 0 Å². The summed E-state index contributed by atoms with van der Waals surface area (Å²) in [6.07, 6.45) is 1.29. The molecule has 1 aromatic rings. The first kappa shape index (κ1) is 14.1. The van der Waals surface area contributed by atoms with Crippen molar-refractivity contribution < 1.29 is 8.42 Å². The quantitative estimate of drug-likeness (QED) is 0.760. The van der Waals surface area contributed by atoms with Crippen LogP contribution in [0.5, 0.6) is 0 Å². The molecule has 1 aromatic heterocycles. The Kier molecular flexibility index (Phi) is 4.23. The Bertz CT molecular complexity index is 507. The molecule has 0 radical (unpaired) electrons. The van der Waals surface area contributed by atoms with Gasteiger partial charge < -0.3 is 10.7 Å². The molecule has 0 spiro atoms. The standard InChI is InChI=1S/C9H16N4O2S2/c1-6(2)13(5-8(10)16)17(14,15)9-4-11-7(3)12-9/h4,6H,5H2,1-3H3,(H2,10,16)(H,11,12). The maximum Gasteiger partial charge on any atom is 0.260 e. The van der Waals surface area contributed by atoms with E-state index in [2.05, 4.69) is 9.97 Å². The molecule has 6 nitrogen and oxygen atoms in total. The molecule has 0 bridgehead atoms. The Hall–Kier alpha value is -0.990. The normalized spacial score (nSPS) is 12.3. The number of nitrogens with two attached hydrogens (primary N) is 1. The zero-order chi connectivity index (χ0) is 13.2. The molecule has 1 rings (SSSR count). The number of aromatic amines is 1. The van der Waals surface area contributed by atoms with E-state index in [0.717, 1.165) is 0 Å². The second-order valence-electron chi connectivity index (χ2n) is 3.94. The van der Waals surface area contributed by atoms with Crippen LogP contribution in [0.25, 0.3) is 0 Å². The Balaban J connectivity index is 3.13. The van der Waals surface area contributed by atoms with Crippen LogP contribution < -0.4 is 5.73 Å². The van der Waals surface area contributed by atoms with Gasteiger partial charge in [-0.3, -0.25) is 0 Å². The average Bonchev–Trinajstić information content (AvgIpc) is 2.61. The molecule has 0 aliphatic rings. The largest absolute Gasteiger partial charge is 0.392 e. The van der Waals surface area contributed by atoms with E-state index in [0.29, 0.717) is 5.82 Å². The van der Waals surface area contributed by atoms with Gasteiger partial charge in [0.05, 0.1) is 17.7 Å². The first-order valence-electron chi connectivity index (χ1n) is 5.07. The van der Waals surface area contributed by atoms with Crippen molar-refractivity contribution in [2.75, 3.05) is 6.54 Å². The fourth-order valence-corrected chi connectivity index (χ4v) is 3.15. The van der Waals surface area contributed by atoms with Gasteiger partial charge in [0.25, 0.3) is 10.0 Å². The van der Waals surface area contributed by atoms with Gasteiger partial charge in [-0.1, -0.05) is 12.2 Å². The molecule has 0 aromatic carbocycles. The molecule has 17 heavy (non-hydrogen) atoms. The summed E-state index contributed by atoms with van der Waals surface area (Å²) in [5.41, 5.74) is 5.41. The number of rotatable bonds is 5. The Morgan fingerprint density at radius 2 is 2.24 bits per heavy atom. The van der Waals surface area contributed by atoms with Crippen LogP contribution in [0, 0.1) is 6.92 Å². The van der Waals surface area contributed by atoms with Crippen LogP contribution in [0.2, 0.25) is 0 Å². The lowest BCUT2D eigenvalue weighted by atomic mass is 10.4. The van der Waals surface area contributed by atoms with Gasteiger partial charge in [0, 0.05) is 6.04 Å². The predicted molar refractivity (Wildman–Crippen MR) is 69.1 cm³/mol. The Morgan fingerprint density at radius 3 is 2.59 bits per heavy atom. The number of nitrogens with one attached hydrogen (secondary N) is 1. The summed E-state index contributed by atoms with van der Waals surface area (Å²) in [5, 5.41) is 0.0555. The van der Waals surface area contributed by atoms with Gasteiger partial charge in [0.2, 0.25) is 0 Å². The first-order chi connectivity index (χ1) is 7.75. The van der Waals surface area contributed by atoms with Crippen molar-refractivity contribution in [3.63, 3.8) is 0 Å². The topological polar surface area (TPSA) is 92.1 Å². The lowest BCUT2D eigenvalue weighted by molar-refractivity contribution is 0.389. The molecular weight excluding hydrogens is 260 g/mol. The Labute approximate surface area is 106 Å². The third-order valence-electron chi connectivity index (χ3n) is 2.15. The molecule has 8 heteroatoms. The number of H-pyrrole nitrogens is 1. The minimum Gasteiger partial charge on any atom is -0.392 e. The number of hydrogen-bond donors (Lipinski definition) is 2. The zero-order valence-electron chi connectivity index (χ0n) is 9.97. The fourth-order valence-electron chi connectivity index (χ4n) is 1.35. The van der Waals surface area contributed by atoms with Gasteiger partial charge in [0.1, 0.15) is 5.82 Å². The minimum atomic E-state index is -3.63. The second kappa shape index (κ2) is 5.11. The summed E-state index contributed by atoms with van der Waals surface area (Å²) in [5.74, 6) is 0.544.